The summed E-state index contributed by atoms with van der Waals surface area (Å²) in [5, 5.41) is 0. The van der Waals surface area contributed by atoms with E-state index in [-0.39, 0.29) is 0 Å². The molecule has 0 fully saturated rings. The molecule has 0 N–H and O–H groups in total. The molecule has 0 bridgehead atoms. The molecular weight excluding hydrogens is 501 g/mol. The Bertz CT molecular complexity index is 1500. The molecule has 0 radical (unpaired) electrons. The maximum Gasteiger partial charge on any atom is 0.114 e. The van der Waals surface area contributed by atoms with E-state index in [0.717, 1.165) is 11.0 Å². The van der Waals surface area contributed by atoms with E-state index in [4.69, 9.17) is 8.75 Å². The first-order valence-corrected chi connectivity index (χ1v) is 14.6. The van der Waals surface area contributed by atoms with Crippen LogP contribution >= 0.6 is 57.1 Å². The van der Waals surface area contributed by atoms with Gasteiger partial charge in [0.1, 0.15) is 11.0 Å². The van der Waals surface area contributed by atoms with Crippen LogP contribution in [0.15, 0.2) is 48.5 Å². The zero-order chi connectivity index (χ0) is 22.7. The molecule has 0 atom stereocenters. The number of aromatic nitrogens is 2. The molecule has 5 aromatic heterocycles. The summed E-state index contributed by atoms with van der Waals surface area (Å²) in [4.78, 5) is 10.6. The third kappa shape index (κ3) is 3.72. The average Bonchev–Trinajstić information content (AvgIpc) is 3.58. The van der Waals surface area contributed by atoms with Crippen LogP contribution < -0.4 is 0 Å². The van der Waals surface area contributed by atoms with Crippen LogP contribution in [-0.4, -0.2) is 8.75 Å². The zero-order valence-corrected chi connectivity index (χ0v) is 22.6. The van der Waals surface area contributed by atoms with Gasteiger partial charge in [-0.25, -0.2) is 0 Å². The first-order chi connectivity index (χ1) is 16.0. The van der Waals surface area contributed by atoms with Crippen LogP contribution in [0.5, 0.6) is 0 Å². The topological polar surface area (TPSA) is 25.8 Å². The minimum Gasteiger partial charge on any atom is -0.172 e. The Kier molecular flexibility index (Phi) is 5.35. The maximum atomic E-state index is 4.75. The molecule has 0 aliphatic carbocycles. The molecule has 0 amide bonds. The molecule has 164 valence electrons. The highest BCUT2D eigenvalue weighted by Gasteiger charge is 2.20. The molecule has 1 aromatic carbocycles. The molecular formula is C26H20N2S5. The van der Waals surface area contributed by atoms with Gasteiger partial charge in [0, 0.05) is 50.1 Å². The van der Waals surface area contributed by atoms with Gasteiger partial charge in [-0.05, 0) is 75.2 Å². The summed E-state index contributed by atoms with van der Waals surface area (Å²) in [6.45, 7) is 8.73. The molecule has 5 heterocycles. The Balaban J connectivity index is 1.46. The summed E-state index contributed by atoms with van der Waals surface area (Å²) in [5.74, 6) is 0. The predicted octanol–water partition coefficient (Wildman–Crippen LogP) is 9.84. The normalized spacial score (nSPS) is 11.6. The summed E-state index contributed by atoms with van der Waals surface area (Å²) in [6, 6.07) is 18.0. The lowest BCUT2D eigenvalue weighted by Crippen LogP contribution is -1.84. The van der Waals surface area contributed by atoms with E-state index >= 15 is 0 Å². The molecule has 6 aromatic rings. The van der Waals surface area contributed by atoms with Gasteiger partial charge in [0.25, 0.3) is 0 Å². The molecule has 0 saturated heterocycles. The summed E-state index contributed by atoms with van der Waals surface area (Å²) in [6.07, 6.45) is 0. The van der Waals surface area contributed by atoms with Crippen molar-refractivity contribution >= 4 is 68.1 Å². The highest BCUT2D eigenvalue weighted by atomic mass is 32.1. The Morgan fingerprint density at radius 1 is 0.515 bits per heavy atom. The molecule has 33 heavy (non-hydrogen) atoms. The molecule has 0 spiro atoms. The Morgan fingerprint density at radius 2 is 0.970 bits per heavy atom. The summed E-state index contributed by atoms with van der Waals surface area (Å²) in [7, 11) is 0. The minimum atomic E-state index is 1.01. The quantitative estimate of drug-likeness (QED) is 0.231. The van der Waals surface area contributed by atoms with Gasteiger partial charge in [-0.1, -0.05) is 12.1 Å². The standard InChI is InChI=1S/C26H20N2S5/c1-13-11-21(19-9-5-15(3)29-19)31-25(13)17-7-8-18(24-23(17)27-33-28-24)26-14(2)12-22(32-26)20-10-6-16(4)30-20/h5-12H,1-4H3. The van der Waals surface area contributed by atoms with Gasteiger partial charge in [-0.2, -0.15) is 8.75 Å². The first kappa shape index (κ1) is 21.4. The smallest absolute Gasteiger partial charge is 0.114 e. The van der Waals surface area contributed by atoms with Crippen molar-refractivity contribution in [3.63, 3.8) is 0 Å². The summed E-state index contributed by atoms with van der Waals surface area (Å²) < 4.78 is 9.51. The highest BCUT2D eigenvalue weighted by Crippen LogP contribution is 2.46. The molecule has 7 heteroatoms. The van der Waals surface area contributed by atoms with Crippen molar-refractivity contribution < 1.29 is 0 Å². The second kappa shape index (κ2) is 8.25. The van der Waals surface area contributed by atoms with Crippen molar-refractivity contribution in [3.8, 4) is 40.4 Å². The summed E-state index contributed by atoms with van der Waals surface area (Å²) >= 11 is 8.73. The Hall–Kier alpha value is -2.16. The van der Waals surface area contributed by atoms with Gasteiger partial charge < -0.3 is 0 Å². The van der Waals surface area contributed by atoms with E-state index in [1.807, 2.05) is 45.3 Å². The van der Waals surface area contributed by atoms with Gasteiger partial charge in [0.05, 0.1) is 11.7 Å². The highest BCUT2D eigenvalue weighted by molar-refractivity contribution is 7.24. The molecule has 0 unspecified atom stereocenters. The van der Waals surface area contributed by atoms with Crippen LogP contribution in [-0.2, 0) is 0 Å². The van der Waals surface area contributed by atoms with Gasteiger partial charge in [0.2, 0.25) is 0 Å². The second-order valence-corrected chi connectivity index (χ2v) is 13.4. The summed E-state index contributed by atoms with van der Waals surface area (Å²) in [5.41, 5.74) is 6.99. The third-order valence-electron chi connectivity index (χ3n) is 5.71. The van der Waals surface area contributed by atoms with Gasteiger partial charge in [0.15, 0.2) is 0 Å². The lowest BCUT2D eigenvalue weighted by atomic mass is 10.0. The number of benzene rings is 1. The van der Waals surface area contributed by atoms with Crippen LogP contribution in [0, 0.1) is 27.7 Å². The van der Waals surface area contributed by atoms with Crippen molar-refractivity contribution in [1.29, 1.82) is 0 Å². The number of nitrogens with zero attached hydrogens (tertiary/aromatic N) is 2. The van der Waals surface area contributed by atoms with Crippen molar-refractivity contribution in [2.24, 2.45) is 0 Å². The fraction of sp³-hybridized carbons (Fsp3) is 0.154. The second-order valence-electron chi connectivity index (χ2n) is 8.19. The lowest BCUT2D eigenvalue weighted by molar-refractivity contribution is 1.52. The van der Waals surface area contributed by atoms with Crippen molar-refractivity contribution in [2.75, 3.05) is 0 Å². The molecule has 0 saturated carbocycles. The molecule has 6 rings (SSSR count). The number of rotatable bonds is 4. The van der Waals surface area contributed by atoms with Gasteiger partial charge >= 0.3 is 0 Å². The minimum absolute atomic E-state index is 1.01. The van der Waals surface area contributed by atoms with E-state index in [1.54, 1.807) is 0 Å². The SMILES string of the molecule is Cc1ccc(-c2cc(C)c(-c3ccc(-c4sc(-c5ccc(C)s5)cc4C)c4nsnc34)s2)s1. The third-order valence-corrected chi connectivity index (χ3v) is 11.2. The van der Waals surface area contributed by atoms with E-state index < -0.39 is 0 Å². The average molecular weight is 521 g/mol. The number of fused-ring (bicyclic) bond motifs is 1. The number of hydrogen-bond donors (Lipinski definition) is 0. The van der Waals surface area contributed by atoms with Gasteiger partial charge in [-0.15, -0.1) is 45.3 Å². The van der Waals surface area contributed by atoms with E-state index in [2.05, 4.69) is 76.2 Å². The number of aryl methyl sites for hydroxylation is 4. The largest absolute Gasteiger partial charge is 0.172 e. The maximum absolute atomic E-state index is 4.75. The first-order valence-electron chi connectivity index (χ1n) is 10.6. The number of thiophene rings is 4. The van der Waals surface area contributed by atoms with Crippen LogP contribution in [0.4, 0.5) is 0 Å². The van der Waals surface area contributed by atoms with Crippen molar-refractivity contribution in [3.05, 3.63) is 69.4 Å². The van der Waals surface area contributed by atoms with Crippen LogP contribution in [0.25, 0.3) is 51.4 Å². The van der Waals surface area contributed by atoms with E-state index in [9.17, 15) is 0 Å². The van der Waals surface area contributed by atoms with E-state index in [1.165, 1.54) is 73.0 Å². The van der Waals surface area contributed by atoms with Gasteiger partial charge in [-0.3, -0.25) is 0 Å². The molecule has 0 aliphatic rings. The monoisotopic (exact) mass is 520 g/mol. The zero-order valence-electron chi connectivity index (χ0n) is 18.6. The fourth-order valence-electron chi connectivity index (χ4n) is 4.11. The molecule has 0 aliphatic heterocycles. The Morgan fingerprint density at radius 3 is 1.36 bits per heavy atom. The van der Waals surface area contributed by atoms with Crippen LogP contribution in [0.1, 0.15) is 20.9 Å². The van der Waals surface area contributed by atoms with Crippen LogP contribution in [0.3, 0.4) is 0 Å². The Labute approximate surface area is 213 Å². The number of hydrogen-bond acceptors (Lipinski definition) is 7. The molecule has 2 nitrogen and oxygen atoms in total. The predicted molar refractivity (Wildman–Crippen MR) is 150 cm³/mol. The van der Waals surface area contributed by atoms with Crippen LogP contribution in [0.2, 0.25) is 0 Å². The van der Waals surface area contributed by atoms with E-state index in [0.29, 0.717) is 0 Å². The van der Waals surface area contributed by atoms with Crippen molar-refractivity contribution in [2.45, 2.75) is 27.7 Å². The van der Waals surface area contributed by atoms with Crippen molar-refractivity contribution in [1.82, 2.24) is 8.75 Å². The lowest BCUT2D eigenvalue weighted by Gasteiger charge is -2.06. The fourth-order valence-corrected chi connectivity index (χ4v) is 8.98.